The SMILES string of the molecule is N#Cc1cnc2ccc(Cl)cn2c1=O. The topological polar surface area (TPSA) is 58.2 Å². The van der Waals surface area contributed by atoms with E-state index in [-0.39, 0.29) is 5.56 Å². The summed E-state index contributed by atoms with van der Waals surface area (Å²) in [7, 11) is 0. The number of hydrogen-bond acceptors (Lipinski definition) is 3. The van der Waals surface area contributed by atoms with E-state index in [0.717, 1.165) is 0 Å². The summed E-state index contributed by atoms with van der Waals surface area (Å²) in [6.45, 7) is 0. The van der Waals surface area contributed by atoms with Gasteiger partial charge in [-0.1, -0.05) is 11.6 Å². The molecule has 5 heteroatoms. The van der Waals surface area contributed by atoms with Crippen LogP contribution in [0.1, 0.15) is 5.56 Å². The summed E-state index contributed by atoms with van der Waals surface area (Å²) in [6.07, 6.45) is 2.69. The van der Waals surface area contributed by atoms with Crippen molar-refractivity contribution in [1.82, 2.24) is 9.38 Å². The molecule has 0 radical (unpaired) electrons. The lowest BCUT2D eigenvalue weighted by Crippen LogP contribution is -2.17. The lowest BCUT2D eigenvalue weighted by Gasteiger charge is -1.99. The fourth-order valence-corrected chi connectivity index (χ4v) is 1.29. The van der Waals surface area contributed by atoms with Gasteiger partial charge in [0, 0.05) is 6.20 Å². The molecule has 0 N–H and O–H groups in total. The Balaban J connectivity index is 2.96. The Hall–Kier alpha value is -1.86. The Bertz CT molecular complexity index is 597. The van der Waals surface area contributed by atoms with Crippen molar-refractivity contribution in [2.24, 2.45) is 0 Å². The summed E-state index contributed by atoms with van der Waals surface area (Å²) < 4.78 is 1.25. The molecule has 0 atom stereocenters. The number of pyridine rings is 1. The number of hydrogen-bond donors (Lipinski definition) is 0. The van der Waals surface area contributed by atoms with Crippen molar-refractivity contribution in [2.75, 3.05) is 0 Å². The first-order valence-electron chi connectivity index (χ1n) is 3.79. The first-order valence-corrected chi connectivity index (χ1v) is 4.17. The van der Waals surface area contributed by atoms with E-state index < -0.39 is 5.56 Å². The van der Waals surface area contributed by atoms with E-state index in [0.29, 0.717) is 10.7 Å². The first-order chi connectivity index (χ1) is 6.72. The molecular weight excluding hydrogens is 202 g/mol. The van der Waals surface area contributed by atoms with Crippen LogP contribution in [0.5, 0.6) is 0 Å². The second kappa shape index (κ2) is 3.13. The van der Waals surface area contributed by atoms with Gasteiger partial charge in [-0.25, -0.2) is 4.98 Å². The summed E-state index contributed by atoms with van der Waals surface area (Å²) in [5.41, 5.74) is 0.0724. The molecule has 0 amide bonds. The summed E-state index contributed by atoms with van der Waals surface area (Å²) in [5.74, 6) is 0. The van der Waals surface area contributed by atoms with Crippen molar-refractivity contribution in [1.29, 1.82) is 5.26 Å². The molecule has 0 aromatic carbocycles. The molecule has 0 saturated carbocycles. The molecule has 0 fully saturated rings. The highest BCUT2D eigenvalue weighted by molar-refractivity contribution is 6.30. The molecule has 0 bridgehead atoms. The summed E-state index contributed by atoms with van der Waals surface area (Å²) in [5, 5.41) is 9.04. The van der Waals surface area contributed by atoms with Gasteiger partial charge < -0.3 is 0 Å². The number of aromatic nitrogens is 2. The highest BCUT2D eigenvalue weighted by atomic mass is 35.5. The Morgan fingerprint density at radius 1 is 1.50 bits per heavy atom. The van der Waals surface area contributed by atoms with Crippen LogP contribution < -0.4 is 5.56 Å². The zero-order valence-corrected chi connectivity index (χ0v) is 7.69. The van der Waals surface area contributed by atoms with Crippen LogP contribution >= 0.6 is 11.6 Å². The Morgan fingerprint density at radius 2 is 2.29 bits per heavy atom. The van der Waals surface area contributed by atoms with E-state index in [1.165, 1.54) is 16.8 Å². The maximum absolute atomic E-state index is 11.6. The van der Waals surface area contributed by atoms with Crippen LogP contribution in [0.15, 0.2) is 29.3 Å². The van der Waals surface area contributed by atoms with E-state index in [2.05, 4.69) is 4.98 Å². The van der Waals surface area contributed by atoms with E-state index in [1.54, 1.807) is 18.2 Å². The molecule has 2 rings (SSSR count). The van der Waals surface area contributed by atoms with E-state index in [9.17, 15) is 4.79 Å². The third kappa shape index (κ3) is 1.24. The van der Waals surface area contributed by atoms with Gasteiger partial charge in [0.05, 0.1) is 11.2 Å². The third-order valence-corrected chi connectivity index (χ3v) is 2.01. The van der Waals surface area contributed by atoms with Crippen molar-refractivity contribution in [3.05, 3.63) is 45.5 Å². The van der Waals surface area contributed by atoms with Crippen LogP contribution in [0.25, 0.3) is 5.65 Å². The molecule has 2 heterocycles. The molecule has 2 aromatic rings. The minimum atomic E-state index is -0.403. The van der Waals surface area contributed by atoms with Gasteiger partial charge >= 0.3 is 0 Å². The van der Waals surface area contributed by atoms with Crippen molar-refractivity contribution in [3.63, 3.8) is 0 Å². The second-order valence-corrected chi connectivity index (χ2v) is 3.10. The van der Waals surface area contributed by atoms with Gasteiger partial charge in [0.15, 0.2) is 0 Å². The summed E-state index contributed by atoms with van der Waals surface area (Å²) >= 11 is 5.72. The maximum atomic E-state index is 11.6. The highest BCUT2D eigenvalue weighted by Crippen LogP contribution is 2.07. The zero-order chi connectivity index (χ0) is 10.1. The van der Waals surface area contributed by atoms with E-state index >= 15 is 0 Å². The average Bonchev–Trinajstić information content (AvgIpc) is 2.20. The molecule has 0 spiro atoms. The largest absolute Gasteiger partial charge is 0.275 e. The minimum Gasteiger partial charge on any atom is -0.267 e. The molecule has 0 saturated heterocycles. The molecule has 0 unspecified atom stereocenters. The van der Waals surface area contributed by atoms with Gasteiger partial charge in [-0.05, 0) is 12.1 Å². The lowest BCUT2D eigenvalue weighted by molar-refractivity contribution is 1.03. The Labute approximate surface area is 84.0 Å². The van der Waals surface area contributed by atoms with Crippen LogP contribution in [0.2, 0.25) is 5.02 Å². The van der Waals surface area contributed by atoms with Crippen molar-refractivity contribution in [2.45, 2.75) is 0 Å². The number of rotatable bonds is 0. The molecule has 0 aliphatic carbocycles. The zero-order valence-electron chi connectivity index (χ0n) is 6.94. The summed E-state index contributed by atoms with van der Waals surface area (Å²) in [4.78, 5) is 15.5. The van der Waals surface area contributed by atoms with Crippen LogP contribution in [0.3, 0.4) is 0 Å². The third-order valence-electron chi connectivity index (χ3n) is 1.79. The van der Waals surface area contributed by atoms with Crippen LogP contribution in [-0.2, 0) is 0 Å². The highest BCUT2D eigenvalue weighted by Gasteiger charge is 2.03. The predicted octanol–water partition coefficient (Wildman–Crippen LogP) is 1.22. The Morgan fingerprint density at radius 3 is 3.00 bits per heavy atom. The number of nitriles is 1. The van der Waals surface area contributed by atoms with Gasteiger partial charge in [0.25, 0.3) is 5.56 Å². The minimum absolute atomic E-state index is 0.00441. The average molecular weight is 206 g/mol. The molecular formula is C9H4ClN3O. The first kappa shape index (κ1) is 8.73. The molecule has 0 aliphatic heterocycles. The monoisotopic (exact) mass is 205 g/mol. The van der Waals surface area contributed by atoms with Crippen molar-refractivity contribution < 1.29 is 0 Å². The van der Waals surface area contributed by atoms with Gasteiger partial charge in [-0.3, -0.25) is 9.20 Å². The van der Waals surface area contributed by atoms with E-state index in [1.807, 2.05) is 0 Å². The maximum Gasteiger partial charge on any atom is 0.275 e. The fraction of sp³-hybridized carbons (Fsp3) is 0. The smallest absolute Gasteiger partial charge is 0.267 e. The Kier molecular flexibility index (Phi) is 1.95. The second-order valence-electron chi connectivity index (χ2n) is 2.66. The van der Waals surface area contributed by atoms with E-state index in [4.69, 9.17) is 16.9 Å². The standard InChI is InChI=1S/C9H4ClN3O/c10-7-1-2-8-12-4-6(3-11)9(14)13(8)5-7/h1-2,4-5H. The lowest BCUT2D eigenvalue weighted by atomic mass is 10.3. The van der Waals surface area contributed by atoms with Gasteiger partial charge in [0.2, 0.25) is 0 Å². The predicted molar refractivity (Wildman–Crippen MR) is 51.2 cm³/mol. The summed E-state index contributed by atoms with van der Waals surface area (Å²) in [6, 6.07) is 5.02. The van der Waals surface area contributed by atoms with Crippen molar-refractivity contribution in [3.8, 4) is 6.07 Å². The molecule has 0 aliphatic rings. The van der Waals surface area contributed by atoms with Gasteiger partial charge in [-0.15, -0.1) is 0 Å². The molecule has 4 nitrogen and oxygen atoms in total. The van der Waals surface area contributed by atoms with Crippen LogP contribution in [-0.4, -0.2) is 9.38 Å². The van der Waals surface area contributed by atoms with Gasteiger partial charge in [-0.2, -0.15) is 5.26 Å². The van der Waals surface area contributed by atoms with Crippen LogP contribution in [0, 0.1) is 11.3 Å². The van der Waals surface area contributed by atoms with Crippen LogP contribution in [0.4, 0.5) is 0 Å². The normalized spacial score (nSPS) is 10.0. The number of fused-ring (bicyclic) bond motifs is 1. The number of nitrogens with zero attached hydrogens (tertiary/aromatic N) is 3. The quantitative estimate of drug-likeness (QED) is 0.650. The van der Waals surface area contributed by atoms with Crippen molar-refractivity contribution >= 4 is 17.2 Å². The van der Waals surface area contributed by atoms with Gasteiger partial charge in [0.1, 0.15) is 17.3 Å². The molecule has 14 heavy (non-hydrogen) atoms. The molecule has 2 aromatic heterocycles. The molecule has 68 valence electrons. The fourth-order valence-electron chi connectivity index (χ4n) is 1.13. The number of halogens is 1.